The number of aliphatic carboxylic acids is 1. The van der Waals surface area contributed by atoms with E-state index in [0.29, 0.717) is 22.6 Å². The Bertz CT molecular complexity index is 1120. The van der Waals surface area contributed by atoms with Gasteiger partial charge in [0.25, 0.3) is 0 Å². The number of guanidine groups is 1. The van der Waals surface area contributed by atoms with Gasteiger partial charge in [0.2, 0.25) is 11.8 Å². The summed E-state index contributed by atoms with van der Waals surface area (Å²) in [5, 5.41) is 15.0. The van der Waals surface area contributed by atoms with Crippen LogP contribution in [0.1, 0.15) is 28.8 Å². The average molecular weight is 547 g/mol. The number of nitrogens with one attached hydrogen (secondary N) is 2. The van der Waals surface area contributed by atoms with Crippen LogP contribution in [0.3, 0.4) is 0 Å². The van der Waals surface area contributed by atoms with E-state index in [2.05, 4.69) is 15.6 Å². The van der Waals surface area contributed by atoms with Gasteiger partial charge in [0, 0.05) is 18.0 Å². The molecule has 2 rings (SSSR count). The second kappa shape index (κ2) is 15.2. The first-order valence-electron chi connectivity index (χ1n) is 11.7. The molecule has 204 valence electrons. The molecule has 2 aromatic rings. The van der Waals surface area contributed by atoms with Crippen LogP contribution in [0.15, 0.2) is 59.6 Å². The Balaban J connectivity index is 2.07. The topological polar surface area (TPSA) is 212 Å². The molecular weight excluding hydrogens is 516 g/mol. The summed E-state index contributed by atoms with van der Waals surface area (Å²) in [6, 6.07) is 11.0. The number of rotatable bonds is 14. The zero-order chi connectivity index (χ0) is 28.1. The van der Waals surface area contributed by atoms with E-state index in [-0.39, 0.29) is 25.3 Å². The molecule has 3 atom stereocenters. The minimum atomic E-state index is -1.28. The number of nitrogens with zero attached hydrogens (tertiary/aromatic N) is 1. The van der Waals surface area contributed by atoms with Gasteiger partial charge in [-0.1, -0.05) is 41.9 Å². The van der Waals surface area contributed by atoms with Crippen LogP contribution >= 0.6 is 11.6 Å². The predicted molar refractivity (Wildman–Crippen MR) is 141 cm³/mol. The van der Waals surface area contributed by atoms with Crippen LogP contribution in [0.25, 0.3) is 0 Å². The molecule has 0 radical (unpaired) electrons. The summed E-state index contributed by atoms with van der Waals surface area (Å²) >= 11 is 5.93. The first-order valence-corrected chi connectivity index (χ1v) is 12.1. The smallest absolute Gasteiger partial charge is 0.338 e. The van der Waals surface area contributed by atoms with Gasteiger partial charge in [-0.3, -0.25) is 14.6 Å². The second-order valence-corrected chi connectivity index (χ2v) is 8.75. The van der Waals surface area contributed by atoms with E-state index in [1.54, 1.807) is 54.6 Å². The lowest BCUT2D eigenvalue weighted by Gasteiger charge is -2.23. The van der Waals surface area contributed by atoms with Crippen molar-refractivity contribution in [3.05, 3.63) is 70.7 Å². The Labute approximate surface area is 224 Å². The van der Waals surface area contributed by atoms with Crippen molar-refractivity contribution in [1.29, 1.82) is 0 Å². The van der Waals surface area contributed by atoms with Gasteiger partial charge in [-0.2, -0.15) is 0 Å². The van der Waals surface area contributed by atoms with Crippen molar-refractivity contribution in [2.45, 2.75) is 37.4 Å². The van der Waals surface area contributed by atoms with E-state index in [4.69, 9.17) is 33.5 Å². The number of hydrogen-bond acceptors (Lipinski definition) is 7. The van der Waals surface area contributed by atoms with Crippen molar-refractivity contribution in [2.75, 3.05) is 13.2 Å². The summed E-state index contributed by atoms with van der Waals surface area (Å²) in [4.78, 5) is 53.5. The Morgan fingerprint density at radius 1 is 0.947 bits per heavy atom. The molecule has 0 bridgehead atoms. The van der Waals surface area contributed by atoms with Gasteiger partial charge < -0.3 is 37.7 Å². The monoisotopic (exact) mass is 546 g/mol. The number of carbonyl (C=O) groups excluding carboxylic acids is 3. The molecule has 0 saturated carbocycles. The quantitative estimate of drug-likeness (QED) is 0.0823. The highest BCUT2D eigenvalue weighted by atomic mass is 35.5. The van der Waals surface area contributed by atoms with Crippen LogP contribution in [-0.4, -0.2) is 66.1 Å². The minimum absolute atomic E-state index is 0.0194. The molecule has 0 aromatic heterocycles. The Morgan fingerprint density at radius 2 is 1.58 bits per heavy atom. The number of aliphatic imine (C=N–C) groups is 1. The maximum atomic E-state index is 13.1. The number of nitrogens with two attached hydrogens (primary N) is 3. The van der Waals surface area contributed by atoms with Gasteiger partial charge in [-0.05, 0) is 42.7 Å². The van der Waals surface area contributed by atoms with Crippen molar-refractivity contribution in [1.82, 2.24) is 10.6 Å². The van der Waals surface area contributed by atoms with E-state index < -0.39 is 48.5 Å². The first-order chi connectivity index (χ1) is 18.1. The number of amides is 2. The molecule has 0 aliphatic heterocycles. The van der Waals surface area contributed by atoms with Gasteiger partial charge >= 0.3 is 11.9 Å². The third-order valence-electron chi connectivity index (χ3n) is 5.29. The van der Waals surface area contributed by atoms with Gasteiger partial charge in [-0.15, -0.1) is 0 Å². The molecule has 0 spiro atoms. The van der Waals surface area contributed by atoms with Crippen molar-refractivity contribution >= 4 is 41.3 Å². The van der Waals surface area contributed by atoms with Crippen molar-refractivity contribution in [3.8, 4) is 0 Å². The SMILES string of the molecule is NC(N)=NCCC[C@H](NC(=O)[C@@H](Cc1ccc(Cl)cc1)NC(=O)[C@@H](N)COC(=O)c1ccccc1)C(=O)O. The molecule has 0 unspecified atom stereocenters. The lowest BCUT2D eigenvalue weighted by atomic mass is 10.0. The Kier molecular flexibility index (Phi) is 12.0. The molecule has 2 amide bonds. The van der Waals surface area contributed by atoms with E-state index in [1.807, 2.05) is 0 Å². The van der Waals surface area contributed by atoms with Crippen LogP contribution in [0.2, 0.25) is 5.02 Å². The summed E-state index contributed by atoms with van der Waals surface area (Å²) < 4.78 is 5.11. The van der Waals surface area contributed by atoms with E-state index in [9.17, 15) is 24.3 Å². The molecule has 0 saturated heterocycles. The lowest BCUT2D eigenvalue weighted by Crippen LogP contribution is -2.56. The van der Waals surface area contributed by atoms with Gasteiger partial charge in [-0.25, -0.2) is 9.59 Å². The number of esters is 1. The summed E-state index contributed by atoms with van der Waals surface area (Å²) in [7, 11) is 0. The van der Waals surface area contributed by atoms with Crippen molar-refractivity contribution < 1.29 is 29.0 Å². The fourth-order valence-electron chi connectivity index (χ4n) is 3.28. The van der Waals surface area contributed by atoms with Gasteiger partial charge in [0.05, 0.1) is 5.56 Å². The number of carbonyl (C=O) groups is 4. The zero-order valence-electron chi connectivity index (χ0n) is 20.5. The largest absolute Gasteiger partial charge is 0.480 e. The highest BCUT2D eigenvalue weighted by Gasteiger charge is 2.28. The average Bonchev–Trinajstić information content (AvgIpc) is 2.89. The molecule has 0 fully saturated rings. The number of carboxylic acids is 1. The van der Waals surface area contributed by atoms with Crippen LogP contribution in [0, 0.1) is 0 Å². The molecule has 0 heterocycles. The van der Waals surface area contributed by atoms with Crippen LogP contribution in [0.5, 0.6) is 0 Å². The molecular formula is C25H31ClN6O6. The van der Waals surface area contributed by atoms with Crippen LogP contribution < -0.4 is 27.8 Å². The molecule has 9 N–H and O–H groups in total. The normalized spacial score (nSPS) is 12.9. The summed E-state index contributed by atoms with van der Waals surface area (Å²) in [6.07, 6.45) is 0.362. The fraction of sp³-hybridized carbons (Fsp3) is 0.320. The minimum Gasteiger partial charge on any atom is -0.480 e. The zero-order valence-corrected chi connectivity index (χ0v) is 21.3. The maximum absolute atomic E-state index is 13.1. The Morgan fingerprint density at radius 3 is 2.18 bits per heavy atom. The number of ether oxygens (including phenoxy) is 1. The van der Waals surface area contributed by atoms with Crippen LogP contribution in [0.4, 0.5) is 0 Å². The van der Waals surface area contributed by atoms with E-state index in [1.165, 1.54) is 0 Å². The summed E-state index contributed by atoms with van der Waals surface area (Å²) in [5.41, 5.74) is 17.4. The number of halogens is 1. The highest BCUT2D eigenvalue weighted by Crippen LogP contribution is 2.12. The molecule has 2 aromatic carbocycles. The third kappa shape index (κ3) is 10.4. The number of carboxylic acid groups (broad SMARTS) is 1. The van der Waals surface area contributed by atoms with Crippen LogP contribution in [-0.2, 0) is 25.5 Å². The standard InChI is InChI=1S/C25H31ClN6O6/c26-17-10-8-15(9-11-17)13-20(22(34)31-19(23(35)36)7-4-12-30-25(28)29)32-21(33)18(27)14-38-24(37)16-5-2-1-3-6-16/h1-3,5-6,8-11,18-20H,4,7,12-14,27H2,(H,31,34)(H,32,33)(H,35,36)(H4,28,29,30)/t18-,19-,20+/m0/s1. The lowest BCUT2D eigenvalue weighted by molar-refractivity contribution is -0.142. The van der Waals surface area contributed by atoms with Crippen molar-refractivity contribution in [3.63, 3.8) is 0 Å². The Hall–Kier alpha value is -4.16. The van der Waals surface area contributed by atoms with E-state index in [0.717, 1.165) is 0 Å². The predicted octanol–water partition coefficient (Wildman–Crippen LogP) is 0.175. The molecule has 12 nitrogen and oxygen atoms in total. The van der Waals surface area contributed by atoms with Crippen molar-refractivity contribution in [2.24, 2.45) is 22.2 Å². The maximum Gasteiger partial charge on any atom is 0.338 e. The second-order valence-electron chi connectivity index (χ2n) is 8.31. The fourth-order valence-corrected chi connectivity index (χ4v) is 3.40. The summed E-state index contributed by atoms with van der Waals surface area (Å²) in [6.45, 7) is -0.249. The summed E-state index contributed by atoms with van der Waals surface area (Å²) in [5.74, 6) is -3.55. The first kappa shape index (κ1) is 30.1. The molecule has 38 heavy (non-hydrogen) atoms. The molecule has 0 aliphatic rings. The highest BCUT2D eigenvalue weighted by molar-refractivity contribution is 6.30. The molecule has 0 aliphatic carbocycles. The number of benzene rings is 2. The molecule has 13 heteroatoms. The van der Waals surface area contributed by atoms with E-state index >= 15 is 0 Å². The van der Waals surface area contributed by atoms with Gasteiger partial charge in [0.15, 0.2) is 5.96 Å². The third-order valence-corrected chi connectivity index (χ3v) is 5.54. The van der Waals surface area contributed by atoms with Gasteiger partial charge in [0.1, 0.15) is 24.7 Å². The number of hydrogen-bond donors (Lipinski definition) is 6.